The van der Waals surface area contributed by atoms with Crippen LogP contribution in [0.3, 0.4) is 0 Å². The molecular formula is C46H60N6O10S. The van der Waals surface area contributed by atoms with Crippen molar-refractivity contribution in [1.82, 2.24) is 25.5 Å². The Kier molecular flexibility index (Phi) is 12.9. The van der Waals surface area contributed by atoms with E-state index in [1.54, 1.807) is 6.07 Å². The van der Waals surface area contributed by atoms with E-state index in [9.17, 15) is 24.3 Å². The van der Waals surface area contributed by atoms with Crippen LogP contribution in [0.4, 0.5) is 9.93 Å². The fraction of sp³-hybridized carbons (Fsp3) is 0.609. The summed E-state index contributed by atoms with van der Waals surface area (Å²) >= 11 is 1.46. The number of thiazole rings is 1. The first-order valence-electron chi connectivity index (χ1n) is 22.3. The first-order valence-corrected chi connectivity index (χ1v) is 23.1. The maximum absolute atomic E-state index is 14.8. The predicted molar refractivity (Wildman–Crippen MR) is 235 cm³/mol. The lowest BCUT2D eigenvalue weighted by Crippen LogP contribution is -2.59. The van der Waals surface area contributed by atoms with Crippen LogP contribution in [0.15, 0.2) is 42.3 Å². The molecule has 3 aromatic rings. The molecule has 4 N–H and O–H groups in total. The maximum atomic E-state index is 14.8. The molecule has 3 saturated carbocycles. The number of hydrogen-bond acceptors (Lipinski definition) is 13. The van der Waals surface area contributed by atoms with E-state index in [1.807, 2.05) is 58.2 Å². The van der Waals surface area contributed by atoms with Gasteiger partial charge in [-0.2, -0.15) is 0 Å². The van der Waals surface area contributed by atoms with Gasteiger partial charge in [-0.05, 0) is 88.2 Å². The van der Waals surface area contributed by atoms with Crippen LogP contribution < -0.4 is 25.4 Å². The van der Waals surface area contributed by atoms with Crippen LogP contribution in [0.5, 0.6) is 11.5 Å². The highest BCUT2D eigenvalue weighted by Gasteiger charge is 2.61. The molecule has 3 aliphatic carbocycles. The topological polar surface area (TPSA) is 200 Å². The minimum absolute atomic E-state index is 0.0264. The number of rotatable bonds is 17. The van der Waals surface area contributed by atoms with Crippen LogP contribution in [-0.4, -0.2) is 112 Å². The van der Waals surface area contributed by atoms with E-state index in [-0.39, 0.29) is 37.8 Å². The third-order valence-electron chi connectivity index (χ3n) is 12.7. The standard InChI is InChI=1S/C46H60N6O10S/c1-7-28-22-46(28,42(55)56)51-40(53)36-20-31(23-52(36)41(54)39(45(4,5)6)50-44(57)62-30-17-26-16-27(26)18-30)61-37-21-34(35-24-63-43(49-35)47-25(2)3)48-33-19-29(11-12-32(33)37)58-14-15-60-38-10-8-9-13-59-38/h7,11-12,19,21,24-28,30-31,36,38-39H,1,8-10,13-18,20,22-23H2,2-6H3,(H,47,49)(H,50,57)(H,51,53)(H,55,56)/t26-,27+,28-,30?,31-,36+,38?,39?,46-/m1/s1. The lowest BCUT2D eigenvalue weighted by atomic mass is 9.85. The molecule has 4 heterocycles. The predicted octanol–water partition coefficient (Wildman–Crippen LogP) is 6.53. The molecule has 16 nitrogen and oxygen atoms in total. The Hall–Kier alpha value is -5.00. The minimum Gasteiger partial charge on any atom is -0.491 e. The van der Waals surface area contributed by atoms with Crippen LogP contribution in [0.1, 0.15) is 86.0 Å². The number of carbonyl (C=O) groups excluding carboxylic acids is 3. The van der Waals surface area contributed by atoms with Gasteiger partial charge >= 0.3 is 12.1 Å². The van der Waals surface area contributed by atoms with Gasteiger partial charge in [0.05, 0.1) is 24.4 Å². The van der Waals surface area contributed by atoms with E-state index in [1.165, 1.54) is 28.7 Å². The summed E-state index contributed by atoms with van der Waals surface area (Å²) < 4.78 is 30.2. The largest absolute Gasteiger partial charge is 0.491 e. The SMILES string of the molecule is C=C[C@@H]1C[C@]1(NC(=O)[C@@H]1C[C@@H](Oc2cc(-c3csc(NC(C)C)n3)nc3cc(OCCOC4CCCCO4)ccc23)CN1C(=O)C(NC(=O)OC1C[C@@H]2C[C@@H]2C1)C(C)(C)C)C(=O)O. The van der Waals surface area contributed by atoms with Crippen molar-refractivity contribution < 1.29 is 48.0 Å². The summed E-state index contributed by atoms with van der Waals surface area (Å²) in [6, 6.07) is 5.29. The fourth-order valence-corrected chi connectivity index (χ4v) is 9.98. The van der Waals surface area contributed by atoms with Gasteiger partial charge in [0.2, 0.25) is 11.8 Å². The quantitative estimate of drug-likeness (QED) is 0.0843. The second-order valence-electron chi connectivity index (χ2n) is 19.0. The van der Waals surface area contributed by atoms with Crippen LogP contribution in [-0.2, 0) is 28.6 Å². The number of carboxylic acid groups (broad SMARTS) is 1. The molecule has 0 radical (unpaired) electrons. The highest BCUT2D eigenvalue weighted by molar-refractivity contribution is 7.14. The number of fused-ring (bicyclic) bond motifs is 2. The first kappa shape index (κ1) is 44.6. The van der Waals surface area contributed by atoms with E-state index in [4.69, 9.17) is 33.7 Å². The number of anilines is 1. The lowest BCUT2D eigenvalue weighted by Gasteiger charge is -2.35. The third kappa shape index (κ3) is 10.2. The van der Waals surface area contributed by atoms with Crippen LogP contribution >= 0.6 is 11.3 Å². The third-order valence-corrected chi connectivity index (χ3v) is 13.5. The number of amides is 3. The summed E-state index contributed by atoms with van der Waals surface area (Å²) in [5.41, 5.74) is -0.566. The molecule has 0 bridgehead atoms. The minimum atomic E-state index is -1.53. The Morgan fingerprint density at radius 2 is 1.84 bits per heavy atom. The van der Waals surface area contributed by atoms with E-state index in [0.29, 0.717) is 65.4 Å². The number of benzene rings is 1. The average Bonchev–Trinajstić information content (AvgIpc) is 3.91. The highest BCUT2D eigenvalue weighted by atomic mass is 32.1. The van der Waals surface area contributed by atoms with Crippen molar-refractivity contribution in [2.24, 2.45) is 23.2 Å². The molecule has 8 rings (SSSR count). The highest BCUT2D eigenvalue weighted by Crippen LogP contribution is 2.52. The molecule has 17 heteroatoms. The maximum Gasteiger partial charge on any atom is 0.408 e. The lowest BCUT2D eigenvalue weighted by molar-refractivity contribution is -0.165. The molecule has 5 fully saturated rings. The molecule has 1 aromatic carbocycles. The van der Waals surface area contributed by atoms with Crippen molar-refractivity contribution in [3.8, 4) is 22.9 Å². The summed E-state index contributed by atoms with van der Waals surface area (Å²) in [6.07, 6.45) is 5.69. The Bertz CT molecular complexity index is 2190. The van der Waals surface area contributed by atoms with Crippen molar-refractivity contribution in [3.05, 3.63) is 42.3 Å². The normalized spacial score (nSPS) is 27.9. The van der Waals surface area contributed by atoms with Gasteiger partial charge in [-0.15, -0.1) is 17.9 Å². The van der Waals surface area contributed by atoms with E-state index in [0.717, 1.165) is 37.2 Å². The molecule has 2 saturated heterocycles. The number of aromatic nitrogens is 2. The Balaban J connectivity index is 1.06. The average molecular weight is 889 g/mol. The number of likely N-dealkylation sites (tertiary alicyclic amines) is 1. The van der Waals surface area contributed by atoms with Gasteiger partial charge in [0.25, 0.3) is 0 Å². The summed E-state index contributed by atoms with van der Waals surface area (Å²) in [4.78, 5) is 66.0. The first-order chi connectivity index (χ1) is 30.1. The zero-order valence-corrected chi connectivity index (χ0v) is 37.5. The number of pyridine rings is 1. The van der Waals surface area contributed by atoms with Gasteiger partial charge in [-0.1, -0.05) is 26.8 Å². The number of alkyl carbamates (subject to hydrolysis) is 1. The molecule has 3 unspecified atom stereocenters. The molecule has 340 valence electrons. The zero-order chi connectivity index (χ0) is 44.6. The van der Waals surface area contributed by atoms with E-state index in [2.05, 4.69) is 22.5 Å². The van der Waals surface area contributed by atoms with Crippen molar-refractivity contribution in [3.63, 3.8) is 0 Å². The van der Waals surface area contributed by atoms with Crippen molar-refractivity contribution in [1.29, 1.82) is 0 Å². The van der Waals surface area contributed by atoms with Crippen LogP contribution in [0.2, 0.25) is 0 Å². The van der Waals surface area contributed by atoms with Gasteiger partial charge in [0.15, 0.2) is 11.4 Å². The Morgan fingerprint density at radius 1 is 1.05 bits per heavy atom. The smallest absolute Gasteiger partial charge is 0.408 e. The van der Waals surface area contributed by atoms with Gasteiger partial charge in [-0.3, -0.25) is 9.59 Å². The number of ether oxygens (including phenoxy) is 5. The van der Waals surface area contributed by atoms with Crippen molar-refractivity contribution >= 4 is 51.2 Å². The van der Waals surface area contributed by atoms with Gasteiger partial charge < -0.3 is 49.6 Å². The summed E-state index contributed by atoms with van der Waals surface area (Å²) in [5, 5.41) is 22.4. The Labute approximate surface area is 371 Å². The Morgan fingerprint density at radius 3 is 2.52 bits per heavy atom. The van der Waals surface area contributed by atoms with Crippen molar-refractivity contribution in [2.75, 3.05) is 31.7 Å². The molecule has 0 spiro atoms. The monoisotopic (exact) mass is 888 g/mol. The van der Waals surface area contributed by atoms with Gasteiger partial charge in [0, 0.05) is 47.9 Å². The molecule has 5 aliphatic rings. The van der Waals surface area contributed by atoms with E-state index >= 15 is 0 Å². The molecule has 9 atom stereocenters. The molecule has 2 aliphatic heterocycles. The zero-order valence-electron chi connectivity index (χ0n) is 36.7. The number of carboxylic acids is 1. The molecule has 63 heavy (non-hydrogen) atoms. The van der Waals surface area contributed by atoms with Crippen LogP contribution in [0.25, 0.3) is 22.3 Å². The summed E-state index contributed by atoms with van der Waals surface area (Å²) in [5.74, 6) is -0.552. The number of hydrogen-bond donors (Lipinski definition) is 4. The summed E-state index contributed by atoms with van der Waals surface area (Å²) in [6.45, 7) is 14.7. The fourth-order valence-electron chi connectivity index (χ4n) is 9.13. The number of nitrogens with zero attached hydrogens (tertiary/aromatic N) is 3. The second kappa shape index (κ2) is 18.2. The number of carbonyl (C=O) groups is 4. The van der Waals surface area contributed by atoms with Crippen molar-refractivity contribution in [2.45, 2.75) is 128 Å². The summed E-state index contributed by atoms with van der Waals surface area (Å²) in [7, 11) is 0. The van der Waals surface area contributed by atoms with Gasteiger partial charge in [-0.25, -0.2) is 19.6 Å². The van der Waals surface area contributed by atoms with Gasteiger partial charge in [0.1, 0.15) is 53.6 Å². The molecule has 2 aromatic heterocycles. The number of aliphatic carboxylic acids is 1. The molecular weight excluding hydrogens is 829 g/mol. The van der Waals surface area contributed by atoms with E-state index < -0.39 is 58.9 Å². The molecule has 3 amide bonds. The second-order valence-corrected chi connectivity index (χ2v) is 19.9. The van der Waals surface area contributed by atoms with Crippen LogP contribution in [0, 0.1) is 23.2 Å². The number of nitrogens with one attached hydrogen (secondary N) is 3.